The van der Waals surface area contributed by atoms with Crippen molar-refractivity contribution in [3.8, 4) is 0 Å². The molecule has 2 atom stereocenters. The minimum atomic E-state index is -0.739. The number of urea groups is 1. The van der Waals surface area contributed by atoms with Crippen LogP contribution in [0.1, 0.15) is 12.5 Å². The highest BCUT2D eigenvalue weighted by atomic mass is 35.5. The maximum Gasteiger partial charge on any atom is 0.322 e. The first kappa shape index (κ1) is 22.8. The molecular weight excluding hydrogens is 444 g/mol. The molecule has 0 aliphatic carbocycles. The summed E-state index contributed by atoms with van der Waals surface area (Å²) in [6, 6.07) is 11.2. The number of hydrogen-bond donors (Lipinski definition) is 2. The Balaban J connectivity index is 1.53. The number of benzene rings is 2. The van der Waals surface area contributed by atoms with E-state index in [0.717, 1.165) is 16.5 Å². The van der Waals surface area contributed by atoms with Gasteiger partial charge in [0.1, 0.15) is 18.2 Å². The van der Waals surface area contributed by atoms with E-state index in [1.807, 2.05) is 25.1 Å². The average molecular weight is 469 g/mol. The van der Waals surface area contributed by atoms with Gasteiger partial charge in [-0.1, -0.05) is 17.7 Å². The van der Waals surface area contributed by atoms with Gasteiger partial charge in [0.05, 0.1) is 12.1 Å². The van der Waals surface area contributed by atoms with Gasteiger partial charge >= 0.3 is 6.03 Å². The van der Waals surface area contributed by atoms with E-state index >= 15 is 0 Å². The molecule has 0 saturated carbocycles. The number of aromatic nitrogens is 2. The van der Waals surface area contributed by atoms with Gasteiger partial charge in [-0.3, -0.25) is 4.79 Å². The van der Waals surface area contributed by atoms with Gasteiger partial charge in [-0.2, -0.15) is 0 Å². The second-order valence-electron chi connectivity index (χ2n) is 7.99. The van der Waals surface area contributed by atoms with Gasteiger partial charge in [0, 0.05) is 42.3 Å². The summed E-state index contributed by atoms with van der Waals surface area (Å²) >= 11 is 5.92. The number of halogens is 1. The third-order valence-electron chi connectivity index (χ3n) is 5.70. The van der Waals surface area contributed by atoms with Crippen LogP contribution in [0.15, 0.2) is 48.8 Å². The summed E-state index contributed by atoms with van der Waals surface area (Å²) in [6.07, 6.45) is 1.42. The highest BCUT2D eigenvalue weighted by Crippen LogP contribution is 2.24. The molecule has 0 bridgehead atoms. The third kappa shape index (κ3) is 4.84. The number of nitrogens with zero attached hydrogens (tertiary/aromatic N) is 4. The molecule has 1 saturated heterocycles. The fraction of sp³-hybridized carbons (Fsp3) is 0.304. The van der Waals surface area contributed by atoms with Gasteiger partial charge in [-0.25, -0.2) is 14.8 Å². The summed E-state index contributed by atoms with van der Waals surface area (Å²) in [5.41, 5.74) is 8.14. The van der Waals surface area contributed by atoms with Crippen LogP contribution >= 0.6 is 11.6 Å². The highest BCUT2D eigenvalue weighted by Gasteiger charge is 2.41. The predicted octanol–water partition coefficient (Wildman–Crippen LogP) is 3.15. The third-order valence-corrected chi connectivity index (χ3v) is 5.95. The molecule has 10 heteroatoms. The molecule has 3 aromatic rings. The molecule has 1 aromatic heterocycles. The van der Waals surface area contributed by atoms with Crippen molar-refractivity contribution in [3.63, 3.8) is 0 Å². The van der Waals surface area contributed by atoms with Crippen LogP contribution in [0.3, 0.4) is 0 Å². The Bertz CT molecular complexity index is 1170. The first-order chi connectivity index (χ1) is 15.9. The largest absolute Gasteiger partial charge is 0.383 e. The van der Waals surface area contributed by atoms with Crippen LogP contribution in [0.4, 0.5) is 16.3 Å². The van der Waals surface area contributed by atoms with Crippen molar-refractivity contribution in [2.45, 2.75) is 25.6 Å². The van der Waals surface area contributed by atoms with E-state index in [1.165, 1.54) is 18.3 Å². The lowest BCUT2D eigenvalue weighted by Crippen LogP contribution is -2.63. The Kier molecular flexibility index (Phi) is 6.62. The second kappa shape index (κ2) is 9.60. The molecule has 3 N–H and O–H groups in total. The quantitative estimate of drug-likeness (QED) is 0.594. The molecule has 1 aliphatic heterocycles. The van der Waals surface area contributed by atoms with Crippen LogP contribution in [0.2, 0.25) is 5.02 Å². The Morgan fingerprint density at radius 2 is 2.00 bits per heavy atom. The molecule has 0 radical (unpaired) electrons. The van der Waals surface area contributed by atoms with Crippen LogP contribution in [0, 0.1) is 0 Å². The van der Waals surface area contributed by atoms with Crippen molar-refractivity contribution >= 4 is 45.9 Å². The number of hydrogen-bond acceptors (Lipinski definition) is 6. The fourth-order valence-corrected chi connectivity index (χ4v) is 4.10. The lowest BCUT2D eigenvalue weighted by molar-refractivity contribution is -0.146. The first-order valence-corrected chi connectivity index (χ1v) is 10.9. The van der Waals surface area contributed by atoms with Crippen LogP contribution in [0.25, 0.3) is 10.9 Å². The average Bonchev–Trinajstić information content (AvgIpc) is 2.80. The van der Waals surface area contributed by atoms with E-state index in [-0.39, 0.29) is 24.6 Å². The van der Waals surface area contributed by atoms with E-state index in [1.54, 1.807) is 29.2 Å². The Morgan fingerprint density at radius 3 is 2.73 bits per heavy atom. The first-order valence-electron chi connectivity index (χ1n) is 10.5. The molecule has 172 valence electrons. The molecule has 3 amide bonds. The molecule has 2 heterocycles. The molecule has 9 nitrogen and oxygen atoms in total. The van der Waals surface area contributed by atoms with Crippen molar-refractivity contribution in [2.75, 3.05) is 31.3 Å². The topological polar surface area (TPSA) is 114 Å². The van der Waals surface area contributed by atoms with Crippen molar-refractivity contribution in [3.05, 3.63) is 59.4 Å². The van der Waals surface area contributed by atoms with Crippen molar-refractivity contribution in [1.82, 2.24) is 19.8 Å². The number of nitrogen functional groups attached to an aromatic ring is 1. The summed E-state index contributed by atoms with van der Waals surface area (Å²) < 4.78 is 5.29. The van der Waals surface area contributed by atoms with Crippen molar-refractivity contribution in [1.29, 1.82) is 0 Å². The number of amides is 3. The van der Waals surface area contributed by atoms with E-state index in [0.29, 0.717) is 29.6 Å². The predicted molar refractivity (Wildman–Crippen MR) is 127 cm³/mol. The molecule has 4 rings (SSSR count). The number of nitrogens with one attached hydrogen (secondary N) is 1. The Hall–Kier alpha value is -3.43. The molecule has 0 unspecified atom stereocenters. The second-order valence-corrected chi connectivity index (χ2v) is 8.42. The lowest BCUT2D eigenvalue weighted by atomic mass is 10.0. The summed E-state index contributed by atoms with van der Waals surface area (Å²) in [7, 11) is 1.51. The van der Waals surface area contributed by atoms with Gasteiger partial charge in [0.2, 0.25) is 5.91 Å². The number of piperazine rings is 1. The number of methoxy groups -OCH3 is 1. The van der Waals surface area contributed by atoms with Crippen LogP contribution < -0.4 is 11.1 Å². The number of anilines is 2. The van der Waals surface area contributed by atoms with Crippen LogP contribution in [0.5, 0.6) is 0 Å². The zero-order valence-electron chi connectivity index (χ0n) is 18.4. The Labute approximate surface area is 196 Å². The van der Waals surface area contributed by atoms with E-state index in [4.69, 9.17) is 22.1 Å². The highest BCUT2D eigenvalue weighted by molar-refractivity contribution is 6.30. The molecule has 2 aromatic carbocycles. The van der Waals surface area contributed by atoms with E-state index < -0.39 is 6.04 Å². The lowest BCUT2D eigenvalue weighted by Gasteiger charge is -2.44. The van der Waals surface area contributed by atoms with Gasteiger partial charge < -0.3 is 25.6 Å². The minimum Gasteiger partial charge on any atom is -0.383 e. The summed E-state index contributed by atoms with van der Waals surface area (Å²) in [4.78, 5) is 38.0. The number of carbonyl (C=O) groups is 2. The number of carbonyl (C=O) groups excluding carboxylic acids is 2. The van der Waals surface area contributed by atoms with E-state index in [9.17, 15) is 9.59 Å². The zero-order chi connectivity index (χ0) is 23.5. The fourth-order valence-electron chi connectivity index (χ4n) is 3.98. The van der Waals surface area contributed by atoms with E-state index in [2.05, 4.69) is 15.3 Å². The maximum absolute atomic E-state index is 13.4. The van der Waals surface area contributed by atoms with Crippen molar-refractivity contribution in [2.24, 2.45) is 0 Å². The molecule has 1 aliphatic rings. The molecule has 1 fully saturated rings. The summed E-state index contributed by atoms with van der Waals surface area (Å²) in [5.74, 6) is 0.237. The van der Waals surface area contributed by atoms with Gasteiger partial charge in [0.15, 0.2) is 0 Å². The smallest absolute Gasteiger partial charge is 0.322 e. The monoisotopic (exact) mass is 468 g/mol. The SMILES string of the molecule is COC[C@H]1C(=O)N(Cc2ccc3c(N)ncnc3c2)[C@H](C)CN1C(=O)Nc1ccc(Cl)cc1. The Morgan fingerprint density at radius 1 is 1.24 bits per heavy atom. The zero-order valence-corrected chi connectivity index (χ0v) is 19.1. The van der Waals surface area contributed by atoms with Crippen LogP contribution in [-0.4, -0.2) is 64.1 Å². The number of nitrogens with two attached hydrogens (primary N) is 1. The van der Waals surface area contributed by atoms with Gasteiger partial charge in [0.25, 0.3) is 0 Å². The maximum atomic E-state index is 13.4. The van der Waals surface area contributed by atoms with Crippen LogP contribution in [-0.2, 0) is 16.1 Å². The standard InChI is InChI=1S/C23H25ClN6O3/c1-14-10-30(23(32)28-17-6-4-16(24)5-7-17)20(12-33-2)22(31)29(14)11-15-3-8-18-19(9-15)26-13-27-21(18)25/h3-9,13-14,20H,10-12H2,1-2H3,(H,28,32)(H2,25,26,27)/t14-,20+/m1/s1. The molecule has 33 heavy (non-hydrogen) atoms. The summed E-state index contributed by atoms with van der Waals surface area (Å²) in [5, 5.41) is 4.17. The van der Waals surface area contributed by atoms with Crippen molar-refractivity contribution < 1.29 is 14.3 Å². The summed E-state index contributed by atoms with van der Waals surface area (Å²) in [6.45, 7) is 2.76. The van der Waals surface area contributed by atoms with Gasteiger partial charge in [-0.15, -0.1) is 0 Å². The minimum absolute atomic E-state index is 0.0948. The number of ether oxygens (including phenoxy) is 1. The molecule has 0 spiro atoms. The normalized spacial score (nSPS) is 18.6. The van der Waals surface area contributed by atoms with Gasteiger partial charge in [-0.05, 0) is 48.9 Å². The number of fused-ring (bicyclic) bond motifs is 1. The number of rotatable bonds is 5. The molecular formula is C23H25ClN6O3.